The Labute approximate surface area is 106 Å². The van der Waals surface area contributed by atoms with Crippen LogP contribution in [0.5, 0.6) is 0 Å². The van der Waals surface area contributed by atoms with Crippen LogP contribution in [-0.4, -0.2) is 36.8 Å². The summed E-state index contributed by atoms with van der Waals surface area (Å²) in [4.78, 5) is 11.8. The molecule has 1 aliphatic rings. The van der Waals surface area contributed by atoms with Gasteiger partial charge in [-0.2, -0.15) is 0 Å². The smallest absolute Gasteiger partial charge is 0.227 e. The maximum absolute atomic E-state index is 11.8. The molecule has 0 radical (unpaired) electrons. The van der Waals surface area contributed by atoms with Gasteiger partial charge in [0.25, 0.3) is 0 Å². The highest BCUT2D eigenvalue weighted by Crippen LogP contribution is 2.12. The summed E-state index contributed by atoms with van der Waals surface area (Å²) in [5.41, 5.74) is 1.48. The molecule has 2 rings (SSSR count). The number of aliphatic hydroxyl groups is 1. The van der Waals surface area contributed by atoms with Crippen LogP contribution in [0.2, 0.25) is 0 Å². The van der Waals surface area contributed by atoms with Gasteiger partial charge in [0, 0.05) is 18.8 Å². The van der Waals surface area contributed by atoms with E-state index >= 15 is 0 Å². The van der Waals surface area contributed by atoms with E-state index in [2.05, 4.69) is 10.6 Å². The lowest BCUT2D eigenvalue weighted by atomic mass is 10.2. The number of carbonyl (C=O) groups excluding carboxylic acids is 1. The Morgan fingerprint density at radius 3 is 3.17 bits per heavy atom. The summed E-state index contributed by atoms with van der Waals surface area (Å²) < 4.78 is 5.47. The first-order chi connectivity index (χ1) is 8.78. The molecule has 1 aliphatic heterocycles. The van der Waals surface area contributed by atoms with E-state index in [9.17, 15) is 4.79 Å². The molecular weight excluding hydrogens is 232 g/mol. The lowest BCUT2D eigenvalue weighted by Gasteiger charge is -2.23. The Morgan fingerprint density at radius 2 is 2.44 bits per heavy atom. The number of carbonyl (C=O) groups is 1. The highest BCUT2D eigenvalue weighted by atomic mass is 16.5. The van der Waals surface area contributed by atoms with E-state index < -0.39 is 0 Å². The van der Waals surface area contributed by atoms with E-state index in [1.165, 1.54) is 0 Å². The molecule has 1 heterocycles. The summed E-state index contributed by atoms with van der Waals surface area (Å²) in [7, 11) is 0. The van der Waals surface area contributed by atoms with E-state index in [0.717, 1.165) is 12.1 Å². The van der Waals surface area contributed by atoms with Gasteiger partial charge >= 0.3 is 0 Å². The summed E-state index contributed by atoms with van der Waals surface area (Å²) in [5.74, 6) is -0.0706. The van der Waals surface area contributed by atoms with Crippen molar-refractivity contribution in [3.63, 3.8) is 0 Å². The largest absolute Gasteiger partial charge is 0.392 e. The fraction of sp³-hybridized carbons (Fsp3) is 0.462. The number of morpholine rings is 1. The molecule has 1 aromatic rings. The van der Waals surface area contributed by atoms with E-state index in [-0.39, 0.29) is 18.6 Å². The maximum atomic E-state index is 11.8. The van der Waals surface area contributed by atoms with Gasteiger partial charge in [-0.25, -0.2) is 0 Å². The Morgan fingerprint density at radius 1 is 1.56 bits per heavy atom. The second kappa shape index (κ2) is 6.49. The minimum Gasteiger partial charge on any atom is -0.392 e. The summed E-state index contributed by atoms with van der Waals surface area (Å²) in [5, 5.41) is 15.0. The van der Waals surface area contributed by atoms with Crippen molar-refractivity contribution in [2.24, 2.45) is 0 Å². The van der Waals surface area contributed by atoms with Crippen molar-refractivity contribution in [3.8, 4) is 0 Å². The summed E-state index contributed by atoms with van der Waals surface area (Å²) in [6.07, 6.45) is 0.288. The molecule has 1 saturated heterocycles. The number of benzene rings is 1. The molecule has 3 N–H and O–H groups in total. The number of anilines is 1. The predicted molar refractivity (Wildman–Crippen MR) is 68.2 cm³/mol. The highest BCUT2D eigenvalue weighted by molar-refractivity contribution is 5.91. The molecule has 1 aromatic carbocycles. The summed E-state index contributed by atoms with van der Waals surface area (Å²) in [6, 6.07) is 7.18. The number of ether oxygens (including phenoxy) is 1. The summed E-state index contributed by atoms with van der Waals surface area (Å²) >= 11 is 0. The number of amides is 1. The SMILES string of the molecule is O=C(CC1CNCCO1)Nc1cccc(CO)c1. The second-order valence-electron chi connectivity index (χ2n) is 4.31. The number of hydrogen-bond donors (Lipinski definition) is 3. The first-order valence-electron chi connectivity index (χ1n) is 6.10. The van der Waals surface area contributed by atoms with Gasteiger partial charge < -0.3 is 20.5 Å². The Kier molecular flexibility index (Phi) is 4.69. The van der Waals surface area contributed by atoms with Gasteiger partial charge in [-0.15, -0.1) is 0 Å². The molecule has 1 fully saturated rings. The van der Waals surface area contributed by atoms with E-state index in [1.54, 1.807) is 18.2 Å². The van der Waals surface area contributed by atoms with Gasteiger partial charge in [0.05, 0.1) is 25.7 Å². The molecule has 1 unspecified atom stereocenters. The van der Waals surface area contributed by atoms with Crippen LogP contribution in [0, 0.1) is 0 Å². The first kappa shape index (κ1) is 13.0. The van der Waals surface area contributed by atoms with E-state index in [0.29, 0.717) is 25.3 Å². The van der Waals surface area contributed by atoms with Crippen LogP contribution in [0.1, 0.15) is 12.0 Å². The van der Waals surface area contributed by atoms with Gasteiger partial charge in [-0.1, -0.05) is 12.1 Å². The van der Waals surface area contributed by atoms with Crippen LogP contribution in [0.15, 0.2) is 24.3 Å². The third-order valence-corrected chi connectivity index (χ3v) is 2.81. The van der Waals surface area contributed by atoms with Crippen molar-refractivity contribution in [3.05, 3.63) is 29.8 Å². The minimum atomic E-state index is -0.0706. The zero-order valence-electron chi connectivity index (χ0n) is 10.2. The number of rotatable bonds is 4. The normalized spacial score (nSPS) is 19.5. The monoisotopic (exact) mass is 250 g/mol. The molecule has 0 aromatic heterocycles. The van der Waals surface area contributed by atoms with Crippen LogP contribution >= 0.6 is 0 Å². The average molecular weight is 250 g/mol. The topological polar surface area (TPSA) is 70.6 Å². The van der Waals surface area contributed by atoms with Crippen LogP contribution in [0.4, 0.5) is 5.69 Å². The van der Waals surface area contributed by atoms with Crippen LogP contribution < -0.4 is 10.6 Å². The van der Waals surface area contributed by atoms with Gasteiger partial charge in [0.1, 0.15) is 0 Å². The fourth-order valence-electron chi connectivity index (χ4n) is 1.92. The zero-order valence-corrected chi connectivity index (χ0v) is 10.2. The van der Waals surface area contributed by atoms with Crippen molar-refractivity contribution in [2.45, 2.75) is 19.1 Å². The van der Waals surface area contributed by atoms with Gasteiger partial charge in [-0.3, -0.25) is 4.79 Å². The molecule has 0 saturated carbocycles. The van der Waals surface area contributed by atoms with Crippen LogP contribution in [0.3, 0.4) is 0 Å². The van der Waals surface area contributed by atoms with Gasteiger partial charge in [-0.05, 0) is 17.7 Å². The molecular formula is C13H18N2O3. The van der Waals surface area contributed by atoms with E-state index in [1.807, 2.05) is 6.07 Å². The minimum absolute atomic E-state index is 0.0284. The van der Waals surface area contributed by atoms with Crippen molar-refractivity contribution in [1.82, 2.24) is 5.32 Å². The van der Waals surface area contributed by atoms with Crippen molar-refractivity contribution in [2.75, 3.05) is 25.0 Å². The lowest BCUT2D eigenvalue weighted by molar-refractivity contribution is -0.119. The molecule has 18 heavy (non-hydrogen) atoms. The summed E-state index contributed by atoms with van der Waals surface area (Å²) in [6.45, 7) is 2.18. The Bertz CT molecular complexity index is 403. The number of nitrogens with one attached hydrogen (secondary N) is 2. The van der Waals surface area contributed by atoms with E-state index in [4.69, 9.17) is 9.84 Å². The van der Waals surface area contributed by atoms with Gasteiger partial charge in [0.2, 0.25) is 5.91 Å². The van der Waals surface area contributed by atoms with Gasteiger partial charge in [0.15, 0.2) is 0 Å². The quantitative estimate of drug-likeness (QED) is 0.727. The van der Waals surface area contributed by atoms with Crippen molar-refractivity contribution < 1.29 is 14.6 Å². The number of hydrogen-bond acceptors (Lipinski definition) is 4. The Hall–Kier alpha value is -1.43. The highest BCUT2D eigenvalue weighted by Gasteiger charge is 2.17. The van der Waals surface area contributed by atoms with Crippen LogP contribution in [0.25, 0.3) is 0 Å². The molecule has 0 spiro atoms. The molecule has 0 aliphatic carbocycles. The molecule has 0 bridgehead atoms. The molecule has 5 heteroatoms. The fourth-order valence-corrected chi connectivity index (χ4v) is 1.92. The third-order valence-electron chi connectivity index (χ3n) is 2.81. The molecule has 1 atom stereocenters. The molecule has 5 nitrogen and oxygen atoms in total. The first-order valence-corrected chi connectivity index (χ1v) is 6.10. The molecule has 98 valence electrons. The van der Waals surface area contributed by atoms with Crippen molar-refractivity contribution >= 4 is 11.6 Å². The maximum Gasteiger partial charge on any atom is 0.227 e. The Balaban J connectivity index is 1.85. The zero-order chi connectivity index (χ0) is 12.8. The lowest BCUT2D eigenvalue weighted by Crippen LogP contribution is -2.40. The van der Waals surface area contributed by atoms with Crippen LogP contribution in [-0.2, 0) is 16.1 Å². The third kappa shape index (κ3) is 3.80. The second-order valence-corrected chi connectivity index (χ2v) is 4.31. The molecule has 1 amide bonds. The standard InChI is InChI=1S/C13H18N2O3/c16-9-10-2-1-3-11(6-10)15-13(17)7-12-8-14-4-5-18-12/h1-3,6,12,14,16H,4-5,7-9H2,(H,15,17). The number of aliphatic hydroxyl groups excluding tert-OH is 1. The average Bonchev–Trinajstić information content (AvgIpc) is 2.40. The predicted octanol–water partition coefficient (Wildman–Crippen LogP) is 0.496. The van der Waals surface area contributed by atoms with Crippen molar-refractivity contribution in [1.29, 1.82) is 0 Å².